The van der Waals surface area contributed by atoms with Crippen molar-refractivity contribution in [2.24, 2.45) is 0 Å². The molecule has 0 amide bonds. The van der Waals surface area contributed by atoms with E-state index in [9.17, 15) is 9.90 Å². The summed E-state index contributed by atoms with van der Waals surface area (Å²) >= 11 is 0. The zero-order valence-electron chi connectivity index (χ0n) is 10.1. The topological polar surface area (TPSA) is 40.5 Å². The maximum Gasteiger partial charge on any atom is 0.143 e. The Morgan fingerprint density at radius 3 is 2.44 bits per heavy atom. The fourth-order valence-electron chi connectivity index (χ4n) is 1.66. The third-order valence-electron chi connectivity index (χ3n) is 2.77. The van der Waals surface area contributed by atoms with Crippen molar-refractivity contribution in [3.63, 3.8) is 0 Å². The number of aliphatic hydroxyl groups is 1. The highest BCUT2D eigenvalue weighted by molar-refractivity contribution is 5.77. The maximum absolute atomic E-state index is 11.0. The molecule has 3 nitrogen and oxygen atoms in total. The predicted octanol–water partition coefficient (Wildman–Crippen LogP) is 1.63. The lowest BCUT2D eigenvalue weighted by molar-refractivity contribution is -0.118. The van der Waals surface area contributed by atoms with Gasteiger partial charge in [-0.05, 0) is 26.5 Å². The number of benzene rings is 1. The molecule has 0 aliphatic carbocycles. The van der Waals surface area contributed by atoms with Gasteiger partial charge in [-0.3, -0.25) is 9.69 Å². The number of aliphatic hydroxyl groups excluding tert-OH is 1. The molecule has 0 aliphatic rings. The summed E-state index contributed by atoms with van der Waals surface area (Å²) in [6.07, 6.45) is -0.564. The fourth-order valence-corrected chi connectivity index (χ4v) is 1.66. The molecule has 0 spiro atoms. The Morgan fingerprint density at radius 2 is 1.94 bits per heavy atom. The van der Waals surface area contributed by atoms with Crippen molar-refractivity contribution < 1.29 is 9.90 Å². The van der Waals surface area contributed by atoms with Gasteiger partial charge in [0.15, 0.2) is 0 Å². The third-order valence-corrected chi connectivity index (χ3v) is 2.77. The summed E-state index contributed by atoms with van der Waals surface area (Å²) in [7, 11) is 1.85. The lowest BCUT2D eigenvalue weighted by Crippen LogP contribution is -2.37. The molecule has 88 valence electrons. The van der Waals surface area contributed by atoms with E-state index in [1.54, 1.807) is 6.92 Å². The van der Waals surface area contributed by atoms with E-state index >= 15 is 0 Å². The van der Waals surface area contributed by atoms with Gasteiger partial charge >= 0.3 is 0 Å². The Bertz CT molecular complexity index is 337. The highest BCUT2D eigenvalue weighted by atomic mass is 16.3. The van der Waals surface area contributed by atoms with Crippen LogP contribution in [-0.2, 0) is 4.79 Å². The zero-order chi connectivity index (χ0) is 12.1. The molecule has 1 rings (SSSR count). The molecule has 0 fully saturated rings. The van der Waals surface area contributed by atoms with Crippen LogP contribution in [0, 0.1) is 0 Å². The molecule has 2 atom stereocenters. The Balaban J connectivity index is 2.67. The fraction of sp³-hybridized carbons (Fsp3) is 0.462. The molecule has 3 heteroatoms. The van der Waals surface area contributed by atoms with Crippen molar-refractivity contribution in [2.45, 2.75) is 26.0 Å². The molecule has 0 aliphatic heterocycles. The molecule has 1 N–H and O–H groups in total. The van der Waals surface area contributed by atoms with Crippen LogP contribution in [0.1, 0.15) is 25.5 Å². The molecule has 1 aromatic carbocycles. The number of hydrogen-bond acceptors (Lipinski definition) is 3. The van der Waals surface area contributed by atoms with Crippen LogP contribution in [0.25, 0.3) is 0 Å². The summed E-state index contributed by atoms with van der Waals surface area (Å²) in [5, 5.41) is 10.1. The van der Waals surface area contributed by atoms with Gasteiger partial charge in [-0.25, -0.2) is 0 Å². The summed E-state index contributed by atoms with van der Waals surface area (Å²) in [6, 6.07) is 9.42. The first-order valence-electron chi connectivity index (χ1n) is 5.45. The standard InChI is InChI=1S/C13H19NO2/c1-10(15)9-14(3)11(2)13(16)12-7-5-4-6-8-12/h4-8,11,13,16H,9H2,1-3H3. The van der Waals surface area contributed by atoms with E-state index in [0.29, 0.717) is 6.54 Å². The highest BCUT2D eigenvalue weighted by Gasteiger charge is 2.20. The average Bonchev–Trinajstić information content (AvgIpc) is 2.27. The first-order chi connectivity index (χ1) is 7.52. The number of nitrogens with zero attached hydrogens (tertiary/aromatic N) is 1. The molecule has 0 heterocycles. The van der Waals surface area contributed by atoms with Crippen molar-refractivity contribution in [1.29, 1.82) is 0 Å². The molecule has 0 saturated heterocycles. The quantitative estimate of drug-likeness (QED) is 0.821. The summed E-state index contributed by atoms with van der Waals surface area (Å²) in [6.45, 7) is 3.84. The van der Waals surface area contributed by atoms with Gasteiger partial charge in [0.2, 0.25) is 0 Å². The molecule has 0 bridgehead atoms. The van der Waals surface area contributed by atoms with Crippen molar-refractivity contribution >= 4 is 5.78 Å². The van der Waals surface area contributed by atoms with Gasteiger partial charge < -0.3 is 5.11 Å². The lowest BCUT2D eigenvalue weighted by Gasteiger charge is -2.28. The second-order valence-corrected chi connectivity index (χ2v) is 4.21. The molecule has 1 aromatic rings. The van der Waals surface area contributed by atoms with E-state index in [2.05, 4.69) is 0 Å². The third kappa shape index (κ3) is 3.43. The second kappa shape index (κ2) is 5.77. The first kappa shape index (κ1) is 12.9. The van der Waals surface area contributed by atoms with Gasteiger partial charge in [0, 0.05) is 6.04 Å². The number of likely N-dealkylation sites (N-methyl/N-ethyl adjacent to an activating group) is 1. The van der Waals surface area contributed by atoms with E-state index in [4.69, 9.17) is 0 Å². The smallest absolute Gasteiger partial charge is 0.143 e. The van der Waals surface area contributed by atoms with Gasteiger partial charge in [0.25, 0.3) is 0 Å². The summed E-state index contributed by atoms with van der Waals surface area (Å²) in [5.74, 6) is 0.106. The summed E-state index contributed by atoms with van der Waals surface area (Å²) in [5.41, 5.74) is 0.880. The van der Waals surface area contributed by atoms with Gasteiger partial charge in [0.1, 0.15) is 5.78 Å². The predicted molar refractivity (Wildman–Crippen MR) is 64.2 cm³/mol. The molecule has 0 aromatic heterocycles. The number of carbonyl (C=O) groups is 1. The number of hydrogen-bond donors (Lipinski definition) is 1. The van der Waals surface area contributed by atoms with Crippen LogP contribution in [0.15, 0.2) is 30.3 Å². The monoisotopic (exact) mass is 221 g/mol. The van der Waals surface area contributed by atoms with Crippen LogP contribution < -0.4 is 0 Å². The van der Waals surface area contributed by atoms with Crippen LogP contribution in [0.2, 0.25) is 0 Å². The van der Waals surface area contributed by atoms with Crippen LogP contribution in [-0.4, -0.2) is 35.4 Å². The Labute approximate surface area is 96.7 Å². The van der Waals surface area contributed by atoms with E-state index in [-0.39, 0.29) is 11.8 Å². The van der Waals surface area contributed by atoms with Gasteiger partial charge in [0.05, 0.1) is 12.6 Å². The van der Waals surface area contributed by atoms with Crippen molar-refractivity contribution in [3.05, 3.63) is 35.9 Å². The Kier molecular flexibility index (Phi) is 4.65. The van der Waals surface area contributed by atoms with Gasteiger partial charge in [-0.2, -0.15) is 0 Å². The van der Waals surface area contributed by atoms with Crippen LogP contribution >= 0.6 is 0 Å². The van der Waals surface area contributed by atoms with Gasteiger partial charge in [-0.15, -0.1) is 0 Å². The first-order valence-corrected chi connectivity index (χ1v) is 5.45. The molecular weight excluding hydrogens is 202 g/mol. The molecule has 0 radical (unpaired) electrons. The lowest BCUT2D eigenvalue weighted by atomic mass is 10.0. The molecular formula is C13H19NO2. The normalized spacial score (nSPS) is 14.8. The highest BCUT2D eigenvalue weighted by Crippen LogP contribution is 2.19. The van der Waals surface area contributed by atoms with Crippen molar-refractivity contribution in [1.82, 2.24) is 4.90 Å². The molecule has 16 heavy (non-hydrogen) atoms. The number of carbonyl (C=O) groups excluding carboxylic acids is 1. The average molecular weight is 221 g/mol. The zero-order valence-corrected chi connectivity index (χ0v) is 10.1. The minimum atomic E-state index is -0.564. The molecule has 2 unspecified atom stereocenters. The number of Topliss-reactive ketones (excluding diaryl/α,β-unsaturated/α-hetero) is 1. The number of rotatable bonds is 5. The van der Waals surface area contributed by atoms with E-state index < -0.39 is 6.10 Å². The van der Waals surface area contributed by atoms with Crippen LogP contribution in [0.4, 0.5) is 0 Å². The van der Waals surface area contributed by atoms with Gasteiger partial charge in [-0.1, -0.05) is 30.3 Å². The van der Waals surface area contributed by atoms with Crippen molar-refractivity contribution in [2.75, 3.05) is 13.6 Å². The van der Waals surface area contributed by atoms with E-state index in [1.807, 2.05) is 49.2 Å². The maximum atomic E-state index is 11.0. The molecule has 0 saturated carbocycles. The van der Waals surface area contributed by atoms with E-state index in [0.717, 1.165) is 5.56 Å². The van der Waals surface area contributed by atoms with Crippen LogP contribution in [0.3, 0.4) is 0 Å². The SMILES string of the molecule is CC(=O)CN(C)C(C)C(O)c1ccccc1. The van der Waals surface area contributed by atoms with E-state index in [1.165, 1.54) is 0 Å². The van der Waals surface area contributed by atoms with Crippen LogP contribution in [0.5, 0.6) is 0 Å². The number of ketones is 1. The van der Waals surface area contributed by atoms with Crippen molar-refractivity contribution in [3.8, 4) is 0 Å². The Morgan fingerprint density at radius 1 is 1.38 bits per heavy atom. The largest absolute Gasteiger partial charge is 0.387 e. The minimum Gasteiger partial charge on any atom is -0.387 e. The minimum absolute atomic E-state index is 0.0775. The summed E-state index contributed by atoms with van der Waals surface area (Å²) < 4.78 is 0. The summed E-state index contributed by atoms with van der Waals surface area (Å²) in [4.78, 5) is 12.9. The Hall–Kier alpha value is -1.19. The second-order valence-electron chi connectivity index (χ2n) is 4.21.